The molecule has 0 atom stereocenters. The van der Waals surface area contributed by atoms with Crippen LogP contribution in [0.15, 0.2) is 42.6 Å². The van der Waals surface area contributed by atoms with Gasteiger partial charge in [-0.1, -0.05) is 12.1 Å². The zero-order valence-corrected chi connectivity index (χ0v) is 12.3. The number of pyridine rings is 1. The zero-order valence-electron chi connectivity index (χ0n) is 12.3. The number of halogens is 2. The Bertz CT molecular complexity index is 611. The van der Waals surface area contributed by atoms with Crippen LogP contribution >= 0.6 is 0 Å². The highest BCUT2D eigenvalue weighted by Gasteiger charge is 2.19. The summed E-state index contributed by atoms with van der Waals surface area (Å²) in [7, 11) is 0. The van der Waals surface area contributed by atoms with E-state index < -0.39 is 11.6 Å². The van der Waals surface area contributed by atoms with Crippen molar-refractivity contribution < 1.29 is 8.78 Å². The topological polar surface area (TPSA) is 28.2 Å². The zero-order chi connectivity index (χ0) is 15.4. The van der Waals surface area contributed by atoms with Gasteiger partial charge in [-0.05, 0) is 31.0 Å². The summed E-state index contributed by atoms with van der Waals surface area (Å²) in [6, 6.07) is 10.00. The molecular formula is C17H19F2N3. The molecule has 1 aliphatic rings. The first-order chi connectivity index (χ1) is 10.7. The fraction of sp³-hybridized carbons (Fsp3) is 0.353. The van der Waals surface area contributed by atoms with Crippen molar-refractivity contribution in [1.29, 1.82) is 0 Å². The van der Waals surface area contributed by atoms with Crippen LogP contribution in [0.25, 0.3) is 0 Å². The van der Waals surface area contributed by atoms with E-state index >= 15 is 0 Å². The number of anilines is 1. The third-order valence-electron chi connectivity index (χ3n) is 4.06. The minimum atomic E-state index is -0.537. The summed E-state index contributed by atoms with van der Waals surface area (Å²) < 4.78 is 26.5. The lowest BCUT2D eigenvalue weighted by Crippen LogP contribution is -2.42. The Morgan fingerprint density at radius 3 is 2.64 bits per heavy atom. The van der Waals surface area contributed by atoms with Crippen molar-refractivity contribution in [2.75, 3.05) is 18.0 Å². The van der Waals surface area contributed by atoms with Crippen molar-refractivity contribution >= 4 is 5.82 Å². The molecule has 5 heteroatoms. The van der Waals surface area contributed by atoms with Crippen molar-refractivity contribution in [3.05, 3.63) is 59.8 Å². The number of hydrogen-bond acceptors (Lipinski definition) is 3. The molecule has 116 valence electrons. The smallest absolute Gasteiger partial charge is 0.130 e. The van der Waals surface area contributed by atoms with Gasteiger partial charge in [0.05, 0.1) is 0 Å². The van der Waals surface area contributed by atoms with Gasteiger partial charge in [-0.2, -0.15) is 0 Å². The molecule has 2 heterocycles. The minimum absolute atomic E-state index is 0.351. The van der Waals surface area contributed by atoms with Gasteiger partial charge in [0.1, 0.15) is 17.5 Å². The second-order valence-corrected chi connectivity index (χ2v) is 5.57. The standard InChI is InChI=1S/C17H19F2N3/c18-14-5-4-13(16(19)11-14)12-21-15-6-9-22(10-7-15)17-3-1-2-8-20-17/h1-5,8,11,15,21H,6-7,9-10,12H2. The summed E-state index contributed by atoms with van der Waals surface area (Å²) in [5.41, 5.74) is 0.508. The Labute approximate surface area is 129 Å². The number of nitrogens with zero attached hydrogens (tertiary/aromatic N) is 2. The third kappa shape index (κ3) is 3.60. The van der Waals surface area contributed by atoms with Gasteiger partial charge in [-0.15, -0.1) is 0 Å². The number of rotatable bonds is 4. The Balaban J connectivity index is 1.50. The van der Waals surface area contributed by atoms with Gasteiger partial charge >= 0.3 is 0 Å². The van der Waals surface area contributed by atoms with Crippen LogP contribution in [-0.4, -0.2) is 24.1 Å². The minimum Gasteiger partial charge on any atom is -0.357 e. The fourth-order valence-corrected chi connectivity index (χ4v) is 2.77. The maximum absolute atomic E-state index is 13.6. The van der Waals surface area contributed by atoms with E-state index in [0.29, 0.717) is 18.2 Å². The number of nitrogens with one attached hydrogen (secondary N) is 1. The van der Waals surface area contributed by atoms with Crippen LogP contribution < -0.4 is 10.2 Å². The average Bonchev–Trinajstić information content (AvgIpc) is 2.55. The van der Waals surface area contributed by atoms with E-state index in [-0.39, 0.29) is 0 Å². The van der Waals surface area contributed by atoms with E-state index in [1.54, 1.807) is 6.20 Å². The highest BCUT2D eigenvalue weighted by atomic mass is 19.1. The molecule has 1 fully saturated rings. The van der Waals surface area contributed by atoms with Crippen LogP contribution in [-0.2, 0) is 6.54 Å². The monoisotopic (exact) mass is 303 g/mol. The van der Waals surface area contributed by atoms with Crippen LogP contribution in [0, 0.1) is 11.6 Å². The summed E-state index contributed by atoms with van der Waals surface area (Å²) >= 11 is 0. The molecule has 2 aromatic rings. The van der Waals surface area contributed by atoms with E-state index in [1.165, 1.54) is 12.1 Å². The van der Waals surface area contributed by atoms with Crippen LogP contribution in [0.1, 0.15) is 18.4 Å². The van der Waals surface area contributed by atoms with Gasteiger partial charge in [-0.3, -0.25) is 0 Å². The molecule has 0 unspecified atom stereocenters. The first-order valence-electron chi connectivity index (χ1n) is 7.55. The Hall–Kier alpha value is -2.01. The summed E-state index contributed by atoms with van der Waals surface area (Å²) in [6.45, 7) is 2.29. The molecule has 3 rings (SSSR count). The second-order valence-electron chi connectivity index (χ2n) is 5.57. The average molecular weight is 303 g/mol. The SMILES string of the molecule is Fc1ccc(CNC2CCN(c3ccccn3)CC2)c(F)c1. The molecule has 0 saturated carbocycles. The normalized spacial score (nSPS) is 16.0. The van der Waals surface area contributed by atoms with Crippen LogP contribution in [0.4, 0.5) is 14.6 Å². The summed E-state index contributed by atoms with van der Waals surface area (Å²) in [4.78, 5) is 6.62. The highest BCUT2D eigenvalue weighted by Crippen LogP contribution is 2.18. The molecule has 3 nitrogen and oxygen atoms in total. The van der Waals surface area contributed by atoms with Crippen molar-refractivity contribution in [2.45, 2.75) is 25.4 Å². The lowest BCUT2D eigenvalue weighted by atomic mass is 10.0. The van der Waals surface area contributed by atoms with Gasteiger partial charge in [0.2, 0.25) is 0 Å². The Morgan fingerprint density at radius 2 is 1.95 bits per heavy atom. The maximum Gasteiger partial charge on any atom is 0.130 e. The lowest BCUT2D eigenvalue weighted by molar-refractivity contribution is 0.408. The van der Waals surface area contributed by atoms with Gasteiger partial charge in [-0.25, -0.2) is 13.8 Å². The molecule has 1 aromatic carbocycles. The molecule has 1 saturated heterocycles. The molecule has 0 aliphatic carbocycles. The summed E-state index contributed by atoms with van der Waals surface area (Å²) in [6.07, 6.45) is 3.77. The molecule has 0 amide bonds. The van der Waals surface area contributed by atoms with Crippen LogP contribution in [0.3, 0.4) is 0 Å². The number of benzene rings is 1. The molecule has 0 radical (unpaired) electrons. The highest BCUT2D eigenvalue weighted by molar-refractivity contribution is 5.38. The molecule has 0 bridgehead atoms. The van der Waals surface area contributed by atoms with Crippen LogP contribution in [0.5, 0.6) is 0 Å². The van der Waals surface area contributed by atoms with Gasteiger partial charge < -0.3 is 10.2 Å². The van der Waals surface area contributed by atoms with Crippen molar-refractivity contribution in [1.82, 2.24) is 10.3 Å². The molecule has 22 heavy (non-hydrogen) atoms. The number of aromatic nitrogens is 1. The predicted octanol–water partition coefficient (Wildman–Crippen LogP) is 3.12. The summed E-state index contributed by atoms with van der Waals surface area (Å²) in [5.74, 6) is -0.0196. The quantitative estimate of drug-likeness (QED) is 0.940. The van der Waals surface area contributed by atoms with Crippen molar-refractivity contribution in [3.63, 3.8) is 0 Å². The van der Waals surface area contributed by atoms with Gasteiger partial charge in [0.15, 0.2) is 0 Å². The molecule has 1 aromatic heterocycles. The molecule has 1 N–H and O–H groups in total. The predicted molar refractivity (Wildman–Crippen MR) is 82.7 cm³/mol. The maximum atomic E-state index is 13.6. The number of hydrogen-bond donors (Lipinski definition) is 1. The van der Waals surface area contributed by atoms with Gasteiger partial charge in [0.25, 0.3) is 0 Å². The second kappa shape index (κ2) is 6.83. The summed E-state index contributed by atoms with van der Waals surface area (Å²) in [5, 5.41) is 3.36. The lowest BCUT2D eigenvalue weighted by Gasteiger charge is -2.33. The number of piperidine rings is 1. The van der Waals surface area contributed by atoms with E-state index in [2.05, 4.69) is 15.2 Å². The Morgan fingerprint density at radius 1 is 1.14 bits per heavy atom. The first-order valence-corrected chi connectivity index (χ1v) is 7.55. The van der Waals surface area contributed by atoms with E-state index in [0.717, 1.165) is 37.8 Å². The molecule has 1 aliphatic heterocycles. The van der Waals surface area contributed by atoms with Crippen LogP contribution in [0.2, 0.25) is 0 Å². The molecule has 0 spiro atoms. The largest absolute Gasteiger partial charge is 0.357 e. The van der Waals surface area contributed by atoms with E-state index in [9.17, 15) is 8.78 Å². The first kappa shape index (κ1) is 14.9. The Kier molecular flexibility index (Phi) is 4.63. The van der Waals surface area contributed by atoms with Gasteiger partial charge in [0, 0.05) is 43.5 Å². The van der Waals surface area contributed by atoms with Crippen molar-refractivity contribution in [3.8, 4) is 0 Å². The van der Waals surface area contributed by atoms with Crippen molar-refractivity contribution in [2.24, 2.45) is 0 Å². The fourth-order valence-electron chi connectivity index (χ4n) is 2.77. The third-order valence-corrected chi connectivity index (χ3v) is 4.06. The van der Waals surface area contributed by atoms with E-state index in [1.807, 2.05) is 18.2 Å². The van der Waals surface area contributed by atoms with E-state index in [4.69, 9.17) is 0 Å². The molecular weight excluding hydrogens is 284 g/mol.